The summed E-state index contributed by atoms with van der Waals surface area (Å²) in [6, 6.07) is 8.58. The number of fused-ring (bicyclic) bond motifs is 1. The molecule has 0 aliphatic rings. The third kappa shape index (κ3) is 3.06. The van der Waals surface area contributed by atoms with Gasteiger partial charge in [-0.1, -0.05) is 17.7 Å². The lowest BCUT2D eigenvalue weighted by atomic mass is 10.1. The molecule has 0 amide bonds. The van der Waals surface area contributed by atoms with E-state index in [4.69, 9.17) is 11.6 Å². The highest BCUT2D eigenvalue weighted by atomic mass is 35.5. The van der Waals surface area contributed by atoms with Crippen LogP contribution in [0.2, 0.25) is 5.02 Å². The second kappa shape index (κ2) is 6.09. The predicted octanol–water partition coefficient (Wildman–Crippen LogP) is 5.54. The number of rotatable bonds is 2. The molecule has 0 aliphatic carbocycles. The van der Waals surface area contributed by atoms with Crippen molar-refractivity contribution in [3.63, 3.8) is 0 Å². The number of aryl methyl sites for hydroxylation is 1. The van der Waals surface area contributed by atoms with Gasteiger partial charge in [-0.25, -0.2) is 14.1 Å². The van der Waals surface area contributed by atoms with Crippen LogP contribution < -0.4 is 0 Å². The molecule has 1 aromatic carbocycles. The Balaban J connectivity index is 1.82. The zero-order valence-electron chi connectivity index (χ0n) is 13.8. The Kier molecular flexibility index (Phi) is 3.96. The van der Waals surface area contributed by atoms with Crippen LogP contribution >= 0.6 is 11.6 Å². The maximum atomic E-state index is 14.1. The summed E-state index contributed by atoms with van der Waals surface area (Å²) in [6.45, 7) is 1.52. The fraction of sp³-hybridized carbons (Fsp3) is 0.111. The first-order valence-electron chi connectivity index (χ1n) is 7.81. The minimum atomic E-state index is -4.53. The molecule has 0 spiro atoms. The number of halogens is 5. The minimum absolute atomic E-state index is 0.202. The summed E-state index contributed by atoms with van der Waals surface area (Å²) in [4.78, 5) is 7.18. The van der Waals surface area contributed by atoms with Crippen LogP contribution in [-0.4, -0.2) is 19.7 Å². The summed E-state index contributed by atoms with van der Waals surface area (Å²) in [5.74, 6) is -0.494. The molecule has 3 heterocycles. The average Bonchev–Trinajstić information content (AvgIpc) is 3.17. The minimum Gasteiger partial charge on any atom is -0.339 e. The van der Waals surface area contributed by atoms with Crippen molar-refractivity contribution in [1.29, 1.82) is 0 Å². The molecule has 27 heavy (non-hydrogen) atoms. The van der Waals surface area contributed by atoms with E-state index in [1.165, 1.54) is 25.3 Å². The number of H-pyrrole nitrogens is 1. The molecule has 1 N–H and O–H groups in total. The van der Waals surface area contributed by atoms with E-state index in [0.717, 1.165) is 10.7 Å². The van der Waals surface area contributed by atoms with E-state index in [2.05, 4.69) is 15.1 Å². The van der Waals surface area contributed by atoms with Crippen LogP contribution in [0.25, 0.3) is 28.0 Å². The van der Waals surface area contributed by atoms with E-state index >= 15 is 0 Å². The number of alkyl halides is 3. The Labute approximate surface area is 155 Å². The normalized spacial score (nSPS) is 12.1. The number of hydrogen-bond donors (Lipinski definition) is 1. The zero-order valence-corrected chi connectivity index (χ0v) is 14.5. The quantitative estimate of drug-likeness (QED) is 0.454. The van der Waals surface area contributed by atoms with Crippen LogP contribution in [0.3, 0.4) is 0 Å². The molecule has 4 nitrogen and oxygen atoms in total. The Hall–Kier alpha value is -2.87. The number of pyridine rings is 1. The van der Waals surface area contributed by atoms with Gasteiger partial charge in [0.2, 0.25) is 0 Å². The summed E-state index contributed by atoms with van der Waals surface area (Å²) in [5.41, 5.74) is 0.776. The van der Waals surface area contributed by atoms with Crippen molar-refractivity contribution in [3.8, 4) is 16.9 Å². The molecule has 9 heteroatoms. The third-order valence-electron chi connectivity index (χ3n) is 4.11. The molecule has 3 aromatic heterocycles. The average molecular weight is 395 g/mol. The van der Waals surface area contributed by atoms with Crippen molar-refractivity contribution in [2.75, 3.05) is 0 Å². The van der Waals surface area contributed by atoms with Crippen molar-refractivity contribution < 1.29 is 17.6 Å². The van der Waals surface area contributed by atoms with Crippen molar-refractivity contribution in [2.45, 2.75) is 13.1 Å². The summed E-state index contributed by atoms with van der Waals surface area (Å²) in [7, 11) is 0. The first kappa shape index (κ1) is 17.5. The van der Waals surface area contributed by atoms with Gasteiger partial charge in [0.05, 0.1) is 28.2 Å². The molecule has 0 aliphatic heterocycles. The lowest BCUT2D eigenvalue weighted by Crippen LogP contribution is -2.07. The smallest absolute Gasteiger partial charge is 0.339 e. The SMILES string of the molecule is Cc1cc(C(F)(F)F)nn1-c1cnc2[nH]c(-c3c(F)cccc3Cl)cc2c1. The van der Waals surface area contributed by atoms with E-state index in [9.17, 15) is 17.6 Å². The summed E-state index contributed by atoms with van der Waals surface area (Å²) in [6.07, 6.45) is -3.14. The van der Waals surface area contributed by atoms with Crippen molar-refractivity contribution in [2.24, 2.45) is 0 Å². The monoisotopic (exact) mass is 394 g/mol. The molecule has 138 valence electrons. The van der Waals surface area contributed by atoms with Gasteiger partial charge in [0.25, 0.3) is 0 Å². The number of benzene rings is 1. The number of nitrogens with one attached hydrogen (secondary N) is 1. The fourth-order valence-corrected chi connectivity index (χ4v) is 3.15. The number of aromatic nitrogens is 4. The van der Waals surface area contributed by atoms with Gasteiger partial charge >= 0.3 is 6.18 Å². The fourth-order valence-electron chi connectivity index (χ4n) is 2.88. The van der Waals surface area contributed by atoms with Gasteiger partial charge in [0.1, 0.15) is 11.5 Å². The molecule has 0 saturated carbocycles. The summed E-state index contributed by atoms with van der Waals surface area (Å²) < 4.78 is 53.9. The van der Waals surface area contributed by atoms with Crippen molar-refractivity contribution >= 4 is 22.6 Å². The van der Waals surface area contributed by atoms with Crippen LogP contribution in [-0.2, 0) is 6.18 Å². The first-order valence-corrected chi connectivity index (χ1v) is 8.19. The maximum absolute atomic E-state index is 14.1. The second-order valence-electron chi connectivity index (χ2n) is 5.99. The summed E-state index contributed by atoms with van der Waals surface area (Å²) in [5, 5.41) is 4.44. The number of hydrogen-bond acceptors (Lipinski definition) is 2. The number of aromatic amines is 1. The lowest BCUT2D eigenvalue weighted by molar-refractivity contribution is -0.141. The molecule has 4 rings (SSSR count). The molecular weight excluding hydrogens is 384 g/mol. The maximum Gasteiger partial charge on any atom is 0.435 e. The second-order valence-corrected chi connectivity index (χ2v) is 6.40. The molecule has 4 aromatic rings. The molecule has 0 saturated heterocycles. The molecule has 0 atom stereocenters. The van der Waals surface area contributed by atoms with Gasteiger partial charge in [-0.15, -0.1) is 0 Å². The lowest BCUT2D eigenvalue weighted by Gasteiger charge is -2.04. The van der Waals surface area contributed by atoms with E-state index in [-0.39, 0.29) is 10.6 Å². The van der Waals surface area contributed by atoms with Crippen molar-refractivity contribution in [1.82, 2.24) is 19.7 Å². The van der Waals surface area contributed by atoms with Crippen LogP contribution in [0.5, 0.6) is 0 Å². The summed E-state index contributed by atoms with van der Waals surface area (Å²) >= 11 is 6.08. The number of nitrogens with zero attached hydrogens (tertiary/aromatic N) is 3. The van der Waals surface area contributed by atoms with E-state index in [1.807, 2.05) is 0 Å². The molecule has 0 fully saturated rings. The highest BCUT2D eigenvalue weighted by molar-refractivity contribution is 6.33. The van der Waals surface area contributed by atoms with Crippen LogP contribution in [0.15, 0.2) is 42.6 Å². The standard InChI is InChI=1S/C18H11ClF4N4/c1-9-5-15(18(21,22)23)26-27(9)11-6-10-7-14(25-17(10)24-8-11)16-12(19)3-2-4-13(16)20/h2-8H,1H3,(H,24,25). The first-order chi connectivity index (χ1) is 12.7. The Bertz CT molecular complexity index is 1140. The predicted molar refractivity (Wildman–Crippen MR) is 93.4 cm³/mol. The van der Waals surface area contributed by atoms with E-state index in [1.54, 1.807) is 18.2 Å². The Morgan fingerprint density at radius 3 is 2.59 bits per heavy atom. The van der Waals surface area contributed by atoms with Crippen LogP contribution in [0.4, 0.5) is 17.6 Å². The van der Waals surface area contributed by atoms with Crippen LogP contribution in [0, 0.1) is 12.7 Å². The van der Waals surface area contributed by atoms with Gasteiger partial charge in [0.15, 0.2) is 5.69 Å². The molecule has 0 radical (unpaired) electrons. The van der Waals surface area contributed by atoms with Gasteiger partial charge in [-0.3, -0.25) is 0 Å². The molecule has 0 unspecified atom stereocenters. The van der Waals surface area contributed by atoms with Crippen molar-refractivity contribution in [3.05, 3.63) is 64.8 Å². The van der Waals surface area contributed by atoms with Gasteiger partial charge in [-0.2, -0.15) is 18.3 Å². The Morgan fingerprint density at radius 2 is 1.93 bits per heavy atom. The van der Waals surface area contributed by atoms with Gasteiger partial charge < -0.3 is 4.98 Å². The molecule has 0 bridgehead atoms. The van der Waals surface area contributed by atoms with Crippen LogP contribution in [0.1, 0.15) is 11.4 Å². The Morgan fingerprint density at radius 1 is 1.15 bits per heavy atom. The van der Waals surface area contributed by atoms with E-state index < -0.39 is 17.7 Å². The van der Waals surface area contributed by atoms with Gasteiger partial charge in [0, 0.05) is 11.1 Å². The van der Waals surface area contributed by atoms with Gasteiger partial charge in [-0.05, 0) is 37.3 Å². The highest BCUT2D eigenvalue weighted by Gasteiger charge is 2.34. The molecular formula is C18H11ClF4N4. The largest absolute Gasteiger partial charge is 0.435 e. The highest BCUT2D eigenvalue weighted by Crippen LogP contribution is 2.33. The zero-order chi connectivity index (χ0) is 19.3. The third-order valence-corrected chi connectivity index (χ3v) is 4.43. The topological polar surface area (TPSA) is 46.5 Å². The van der Waals surface area contributed by atoms with E-state index in [0.29, 0.717) is 28.1 Å².